The van der Waals surface area contributed by atoms with Crippen LogP contribution in [0.1, 0.15) is 67.9 Å². The number of rotatable bonds is 6. The Morgan fingerprint density at radius 2 is 1.67 bits per heavy atom. The van der Waals surface area contributed by atoms with Gasteiger partial charge < -0.3 is 9.84 Å². The predicted octanol–water partition coefficient (Wildman–Crippen LogP) is 7.72. The number of phenols is 1. The summed E-state index contributed by atoms with van der Waals surface area (Å²) < 4.78 is 6.08. The van der Waals surface area contributed by atoms with E-state index in [4.69, 9.17) is 4.74 Å². The molecule has 190 valence electrons. The zero-order valence-electron chi connectivity index (χ0n) is 22.6. The van der Waals surface area contributed by atoms with Gasteiger partial charge >= 0.3 is 0 Å². The summed E-state index contributed by atoms with van der Waals surface area (Å²) in [6.45, 7) is 14.8. The zero-order chi connectivity index (χ0) is 25.7. The van der Waals surface area contributed by atoms with Crippen molar-refractivity contribution in [1.82, 2.24) is 4.90 Å². The first kappa shape index (κ1) is 26.0. The average molecular weight is 484 g/mol. The Bertz CT molecular complexity index is 1180. The van der Waals surface area contributed by atoms with Gasteiger partial charge in [0.25, 0.3) is 0 Å². The lowest BCUT2D eigenvalue weighted by Gasteiger charge is -2.30. The Kier molecular flexibility index (Phi) is 8.53. The highest BCUT2D eigenvalue weighted by Gasteiger charge is 2.28. The molecular formula is C33H41NO2. The summed E-state index contributed by atoms with van der Waals surface area (Å²) in [6, 6.07) is 23.3. The Morgan fingerprint density at radius 3 is 2.33 bits per heavy atom. The van der Waals surface area contributed by atoms with Gasteiger partial charge in [0, 0.05) is 19.0 Å². The number of phenolic OH excluding ortho intramolecular Hbond substituents is 1. The molecule has 3 nitrogen and oxygen atoms in total. The standard InChI is InChI=1S/C31H35NO2.C2H6/c1-21-4-6-25(7-5-21)31-23(3)29-13-10-27(33)18-26(29)19-30(31)24-8-11-28(12-9-24)34-17-16-32-15-14-22(2)20-32;1-2/h4-13,18,22,30,33H,14-17,19-20H2,1-3H3;1-2H3. The van der Waals surface area contributed by atoms with E-state index in [0.717, 1.165) is 31.2 Å². The van der Waals surface area contributed by atoms with Gasteiger partial charge in [0.05, 0.1) is 0 Å². The van der Waals surface area contributed by atoms with E-state index in [9.17, 15) is 5.11 Å². The summed E-state index contributed by atoms with van der Waals surface area (Å²) >= 11 is 0. The van der Waals surface area contributed by atoms with Gasteiger partial charge in [0.15, 0.2) is 0 Å². The van der Waals surface area contributed by atoms with Crippen LogP contribution in [0.3, 0.4) is 0 Å². The lowest BCUT2D eigenvalue weighted by atomic mass is 9.73. The molecule has 5 rings (SSSR count). The number of aromatic hydroxyl groups is 1. The summed E-state index contributed by atoms with van der Waals surface area (Å²) in [4.78, 5) is 2.50. The van der Waals surface area contributed by atoms with Crippen molar-refractivity contribution in [2.24, 2.45) is 5.92 Å². The van der Waals surface area contributed by atoms with E-state index < -0.39 is 0 Å². The smallest absolute Gasteiger partial charge is 0.119 e. The minimum Gasteiger partial charge on any atom is -0.508 e. The average Bonchev–Trinajstić information content (AvgIpc) is 3.31. The second-order valence-electron chi connectivity index (χ2n) is 10.1. The van der Waals surface area contributed by atoms with Crippen molar-refractivity contribution in [3.63, 3.8) is 0 Å². The number of aryl methyl sites for hydroxylation is 1. The first-order valence-electron chi connectivity index (χ1n) is 13.5. The van der Waals surface area contributed by atoms with E-state index in [1.54, 1.807) is 6.07 Å². The maximum absolute atomic E-state index is 10.1. The van der Waals surface area contributed by atoms with Crippen LogP contribution in [0, 0.1) is 12.8 Å². The lowest BCUT2D eigenvalue weighted by Crippen LogP contribution is -2.25. The highest BCUT2D eigenvalue weighted by atomic mass is 16.5. The van der Waals surface area contributed by atoms with Crippen LogP contribution in [0.2, 0.25) is 0 Å². The molecular weight excluding hydrogens is 442 g/mol. The molecule has 1 heterocycles. The van der Waals surface area contributed by atoms with Gasteiger partial charge in [-0.3, -0.25) is 4.90 Å². The molecule has 0 saturated carbocycles. The van der Waals surface area contributed by atoms with Crippen LogP contribution in [-0.2, 0) is 6.42 Å². The number of fused-ring (bicyclic) bond motifs is 1. The second kappa shape index (κ2) is 11.8. The molecule has 36 heavy (non-hydrogen) atoms. The predicted molar refractivity (Wildman–Crippen MR) is 152 cm³/mol. The molecule has 3 aromatic rings. The Morgan fingerprint density at radius 1 is 0.944 bits per heavy atom. The van der Waals surface area contributed by atoms with E-state index in [1.165, 1.54) is 58.5 Å². The summed E-state index contributed by atoms with van der Waals surface area (Å²) in [6.07, 6.45) is 2.17. The number of hydrogen-bond acceptors (Lipinski definition) is 3. The minimum atomic E-state index is 0.233. The van der Waals surface area contributed by atoms with Crippen molar-refractivity contribution in [2.45, 2.75) is 53.4 Å². The van der Waals surface area contributed by atoms with Crippen LogP contribution in [0.4, 0.5) is 0 Å². The van der Waals surface area contributed by atoms with Crippen LogP contribution < -0.4 is 4.74 Å². The van der Waals surface area contributed by atoms with E-state index in [0.29, 0.717) is 5.75 Å². The van der Waals surface area contributed by atoms with Gasteiger partial charge in [-0.05, 0) is 96.8 Å². The highest BCUT2D eigenvalue weighted by molar-refractivity contribution is 5.95. The first-order valence-corrected chi connectivity index (χ1v) is 13.5. The van der Waals surface area contributed by atoms with Gasteiger partial charge in [-0.1, -0.05) is 68.8 Å². The third-order valence-electron chi connectivity index (χ3n) is 7.50. The van der Waals surface area contributed by atoms with Crippen LogP contribution >= 0.6 is 0 Å². The highest BCUT2D eigenvalue weighted by Crippen LogP contribution is 2.46. The summed E-state index contributed by atoms with van der Waals surface area (Å²) in [5.74, 6) is 2.31. The topological polar surface area (TPSA) is 32.7 Å². The monoisotopic (exact) mass is 483 g/mol. The number of nitrogens with zero attached hydrogens (tertiary/aromatic N) is 1. The van der Waals surface area contributed by atoms with Crippen LogP contribution in [0.25, 0.3) is 11.1 Å². The van der Waals surface area contributed by atoms with Crippen LogP contribution in [-0.4, -0.2) is 36.2 Å². The number of hydrogen-bond donors (Lipinski definition) is 1. The van der Waals surface area contributed by atoms with Crippen LogP contribution in [0.15, 0.2) is 66.7 Å². The largest absolute Gasteiger partial charge is 0.508 e. The maximum atomic E-state index is 10.1. The molecule has 1 fully saturated rings. The molecule has 1 aliphatic carbocycles. The molecule has 0 amide bonds. The van der Waals surface area contributed by atoms with Gasteiger partial charge in [-0.2, -0.15) is 0 Å². The minimum absolute atomic E-state index is 0.233. The molecule has 2 aliphatic rings. The first-order chi connectivity index (χ1) is 17.5. The summed E-state index contributed by atoms with van der Waals surface area (Å²) in [5, 5.41) is 10.1. The molecule has 1 N–H and O–H groups in total. The van der Waals surface area contributed by atoms with Crippen LogP contribution in [0.5, 0.6) is 11.5 Å². The molecule has 0 radical (unpaired) electrons. The molecule has 1 saturated heterocycles. The van der Waals surface area contributed by atoms with E-state index >= 15 is 0 Å². The Hall–Kier alpha value is -3.04. The van der Waals surface area contributed by atoms with Gasteiger partial charge in [0.2, 0.25) is 0 Å². The summed E-state index contributed by atoms with van der Waals surface area (Å²) in [5.41, 5.74) is 8.92. The third-order valence-corrected chi connectivity index (χ3v) is 7.50. The van der Waals surface area contributed by atoms with Crippen molar-refractivity contribution in [1.29, 1.82) is 0 Å². The Balaban J connectivity index is 0.00000148. The number of ether oxygens (including phenoxy) is 1. The molecule has 0 bridgehead atoms. The normalized spacial score (nSPS) is 19.5. The van der Waals surface area contributed by atoms with E-state index in [1.807, 2.05) is 19.9 Å². The number of benzene rings is 3. The molecule has 2 unspecified atom stereocenters. The van der Waals surface area contributed by atoms with Crippen molar-refractivity contribution in [3.8, 4) is 11.5 Å². The molecule has 3 aromatic carbocycles. The lowest BCUT2D eigenvalue weighted by molar-refractivity contribution is 0.234. The van der Waals surface area contributed by atoms with Crippen molar-refractivity contribution in [2.75, 3.05) is 26.2 Å². The van der Waals surface area contributed by atoms with Gasteiger partial charge in [-0.25, -0.2) is 0 Å². The van der Waals surface area contributed by atoms with Crippen molar-refractivity contribution < 1.29 is 9.84 Å². The fourth-order valence-corrected chi connectivity index (χ4v) is 5.60. The maximum Gasteiger partial charge on any atom is 0.119 e. The quantitative estimate of drug-likeness (QED) is 0.390. The number of allylic oxidation sites excluding steroid dienone is 2. The fraction of sp³-hybridized carbons (Fsp3) is 0.394. The summed E-state index contributed by atoms with van der Waals surface area (Å²) in [7, 11) is 0. The van der Waals surface area contributed by atoms with Crippen molar-refractivity contribution in [3.05, 3.63) is 94.5 Å². The number of likely N-dealkylation sites (tertiary alicyclic amines) is 1. The fourth-order valence-electron chi connectivity index (χ4n) is 5.60. The second-order valence-corrected chi connectivity index (χ2v) is 10.1. The van der Waals surface area contributed by atoms with Crippen molar-refractivity contribution >= 4 is 11.1 Å². The zero-order valence-corrected chi connectivity index (χ0v) is 22.6. The van der Waals surface area contributed by atoms with E-state index in [2.05, 4.69) is 80.3 Å². The molecule has 1 aliphatic heterocycles. The molecule has 0 aromatic heterocycles. The Labute approximate surface area is 217 Å². The molecule has 0 spiro atoms. The molecule has 3 heteroatoms. The van der Waals surface area contributed by atoms with Gasteiger partial charge in [0.1, 0.15) is 18.1 Å². The van der Waals surface area contributed by atoms with E-state index in [-0.39, 0.29) is 5.92 Å². The third kappa shape index (κ3) is 5.84. The van der Waals surface area contributed by atoms with Gasteiger partial charge in [-0.15, -0.1) is 0 Å². The SMILES string of the molecule is CC.CC1=C(c2ccc(C)cc2)C(c2ccc(OCCN3CCC(C)C3)cc2)Cc2cc(O)ccc21. The molecule has 2 atom stereocenters.